The Morgan fingerprint density at radius 2 is 1.88 bits per heavy atom. The van der Waals surface area contributed by atoms with Gasteiger partial charge in [0.1, 0.15) is 0 Å². The molecule has 2 atom stereocenters. The molecule has 3 aliphatic rings. The summed E-state index contributed by atoms with van der Waals surface area (Å²) < 4.78 is 6.11. The van der Waals surface area contributed by atoms with Gasteiger partial charge in [-0.1, -0.05) is 36.4 Å². The Morgan fingerprint density at radius 1 is 1.12 bits per heavy atom. The molecule has 2 aromatic carbocycles. The normalized spacial score (nSPS) is 25.0. The quantitative estimate of drug-likeness (QED) is 0.622. The molecule has 5 rings (SSSR count). The molecule has 6 heteroatoms. The third-order valence-corrected chi connectivity index (χ3v) is 7.23. The van der Waals surface area contributed by atoms with Crippen LogP contribution >= 0.6 is 0 Å². The molecule has 0 aromatic heterocycles. The second-order valence-corrected chi connectivity index (χ2v) is 9.18. The molecule has 1 amide bonds. The summed E-state index contributed by atoms with van der Waals surface area (Å²) in [6.07, 6.45) is 6.68. The molecule has 0 spiro atoms. The number of nitrogens with two attached hydrogens (primary N) is 1. The Hall–Kier alpha value is -2.83. The number of benzene rings is 2. The molecule has 1 fully saturated rings. The fraction of sp³-hybridized carbons (Fsp3) is 0.423. The molecule has 6 nitrogen and oxygen atoms in total. The van der Waals surface area contributed by atoms with Crippen LogP contribution in [0.15, 0.2) is 54.7 Å². The first-order valence-corrected chi connectivity index (χ1v) is 11.6. The number of hydrogen-bond donors (Lipinski definition) is 3. The second-order valence-electron chi connectivity index (χ2n) is 9.18. The first-order chi connectivity index (χ1) is 15.6. The number of amides is 1. The summed E-state index contributed by atoms with van der Waals surface area (Å²) >= 11 is 0. The van der Waals surface area contributed by atoms with E-state index < -0.39 is 5.91 Å². The van der Waals surface area contributed by atoms with E-state index in [2.05, 4.69) is 40.7 Å². The Kier molecular flexibility index (Phi) is 5.89. The maximum absolute atomic E-state index is 11.2. The lowest BCUT2D eigenvalue weighted by molar-refractivity contribution is -0.0180. The number of aliphatic hydroxyl groups excluding tert-OH is 1. The number of hydrogen-bond acceptors (Lipinski definition) is 5. The molecule has 2 heterocycles. The Bertz CT molecular complexity index is 996. The summed E-state index contributed by atoms with van der Waals surface area (Å²) in [6.45, 7) is 1.34. The summed E-state index contributed by atoms with van der Waals surface area (Å²) in [5, 5.41) is 14.4. The molecule has 168 valence electrons. The van der Waals surface area contributed by atoms with Gasteiger partial charge in [-0.25, -0.2) is 0 Å². The lowest BCUT2D eigenvalue weighted by atomic mass is 9.81. The summed E-state index contributed by atoms with van der Waals surface area (Å²) in [5.41, 5.74) is 10.7. The molecule has 0 radical (unpaired) electrons. The molecule has 2 aromatic rings. The zero-order valence-electron chi connectivity index (χ0n) is 18.2. The number of carbonyl (C=O) groups is 1. The van der Waals surface area contributed by atoms with Gasteiger partial charge in [-0.15, -0.1) is 0 Å². The molecule has 2 unspecified atom stereocenters. The maximum atomic E-state index is 11.2. The van der Waals surface area contributed by atoms with Gasteiger partial charge < -0.3 is 25.8 Å². The molecular weight excluding hydrogens is 402 g/mol. The minimum atomic E-state index is -0.413. The van der Waals surface area contributed by atoms with Crippen molar-refractivity contribution in [2.45, 2.75) is 57.0 Å². The first-order valence-electron chi connectivity index (χ1n) is 11.6. The van der Waals surface area contributed by atoms with E-state index >= 15 is 0 Å². The lowest BCUT2D eigenvalue weighted by Crippen LogP contribution is -2.33. The summed E-state index contributed by atoms with van der Waals surface area (Å²) in [6, 6.07) is 16.1. The Morgan fingerprint density at radius 3 is 2.62 bits per heavy atom. The van der Waals surface area contributed by atoms with Gasteiger partial charge in [-0.05, 0) is 61.3 Å². The SMILES string of the molecule is NC(=O)c1ccc(COC2CCC(C(O)CC3c4ccccc4C4=CNCN43)CC2)cc1. The molecule has 2 aliphatic heterocycles. The van der Waals surface area contributed by atoms with Crippen LogP contribution in [0.2, 0.25) is 0 Å². The third kappa shape index (κ3) is 4.12. The van der Waals surface area contributed by atoms with E-state index in [1.807, 2.05) is 12.1 Å². The topological polar surface area (TPSA) is 87.8 Å². The zero-order chi connectivity index (χ0) is 22.1. The van der Waals surface area contributed by atoms with Gasteiger partial charge in [-0.2, -0.15) is 0 Å². The van der Waals surface area contributed by atoms with Gasteiger partial charge in [-0.3, -0.25) is 4.79 Å². The van der Waals surface area contributed by atoms with Crippen molar-refractivity contribution >= 4 is 11.6 Å². The number of carbonyl (C=O) groups excluding carboxylic acids is 1. The van der Waals surface area contributed by atoms with E-state index in [0.717, 1.165) is 44.3 Å². The molecule has 4 N–H and O–H groups in total. The maximum Gasteiger partial charge on any atom is 0.248 e. The number of fused-ring (bicyclic) bond motifs is 3. The minimum absolute atomic E-state index is 0.221. The van der Waals surface area contributed by atoms with Crippen molar-refractivity contribution in [3.05, 3.63) is 77.0 Å². The number of primary amides is 1. The van der Waals surface area contributed by atoms with E-state index in [9.17, 15) is 9.90 Å². The van der Waals surface area contributed by atoms with Gasteiger partial charge in [0.15, 0.2) is 0 Å². The molecule has 0 saturated heterocycles. The molecular formula is C26H31N3O3. The smallest absolute Gasteiger partial charge is 0.248 e. The van der Waals surface area contributed by atoms with Crippen molar-refractivity contribution in [1.82, 2.24) is 10.2 Å². The Labute approximate surface area is 189 Å². The van der Waals surface area contributed by atoms with Crippen molar-refractivity contribution in [3.8, 4) is 0 Å². The lowest BCUT2D eigenvalue weighted by Gasteiger charge is -2.34. The van der Waals surface area contributed by atoms with E-state index in [-0.39, 0.29) is 18.2 Å². The van der Waals surface area contributed by atoms with Crippen LogP contribution in [0.1, 0.15) is 65.2 Å². The van der Waals surface area contributed by atoms with E-state index in [1.54, 1.807) is 12.1 Å². The fourth-order valence-electron chi connectivity index (χ4n) is 5.40. The largest absolute Gasteiger partial charge is 0.393 e. The van der Waals surface area contributed by atoms with Gasteiger partial charge in [0.05, 0.1) is 37.2 Å². The zero-order valence-corrected chi connectivity index (χ0v) is 18.2. The fourth-order valence-corrected chi connectivity index (χ4v) is 5.40. The van der Waals surface area contributed by atoms with Crippen LogP contribution in [-0.2, 0) is 11.3 Å². The van der Waals surface area contributed by atoms with Crippen LogP contribution in [0.25, 0.3) is 5.70 Å². The predicted molar refractivity (Wildman–Crippen MR) is 123 cm³/mol. The van der Waals surface area contributed by atoms with Crippen LogP contribution in [0, 0.1) is 5.92 Å². The van der Waals surface area contributed by atoms with Crippen LogP contribution in [0.4, 0.5) is 0 Å². The average molecular weight is 434 g/mol. The summed E-state index contributed by atoms with van der Waals surface area (Å²) in [5.74, 6) is -0.0934. The summed E-state index contributed by atoms with van der Waals surface area (Å²) in [7, 11) is 0. The second kappa shape index (κ2) is 8.96. The number of nitrogens with zero attached hydrogens (tertiary/aromatic N) is 1. The van der Waals surface area contributed by atoms with Gasteiger partial charge in [0, 0.05) is 17.3 Å². The highest BCUT2D eigenvalue weighted by Gasteiger charge is 2.38. The standard InChI is InChI=1S/C26H31N3O3/c27-26(31)19-7-5-17(6-8-19)15-32-20-11-9-18(10-12-20)25(30)13-23-21-3-1-2-4-22(21)24-14-28-16-29(23)24/h1-8,14,18,20,23,25,28,30H,9-13,15-16H2,(H2,27,31). The average Bonchev–Trinajstić information content (AvgIpc) is 3.41. The van der Waals surface area contributed by atoms with Crippen molar-refractivity contribution in [2.24, 2.45) is 11.7 Å². The highest BCUT2D eigenvalue weighted by Crippen LogP contribution is 2.45. The van der Waals surface area contributed by atoms with Gasteiger partial charge in [0.25, 0.3) is 0 Å². The molecule has 1 saturated carbocycles. The molecule has 1 aliphatic carbocycles. The first kappa shape index (κ1) is 21.0. The number of ether oxygens (including phenoxy) is 1. The number of aliphatic hydroxyl groups is 1. The third-order valence-electron chi connectivity index (χ3n) is 7.23. The molecule has 0 bridgehead atoms. The highest BCUT2D eigenvalue weighted by atomic mass is 16.5. The van der Waals surface area contributed by atoms with E-state index in [0.29, 0.717) is 18.1 Å². The summed E-state index contributed by atoms with van der Waals surface area (Å²) in [4.78, 5) is 13.6. The monoisotopic (exact) mass is 433 g/mol. The van der Waals surface area contributed by atoms with E-state index in [1.165, 1.54) is 16.8 Å². The van der Waals surface area contributed by atoms with Gasteiger partial charge >= 0.3 is 0 Å². The number of rotatable bonds is 7. The Balaban J connectivity index is 1.12. The number of nitrogens with one attached hydrogen (secondary N) is 1. The minimum Gasteiger partial charge on any atom is -0.393 e. The van der Waals surface area contributed by atoms with Crippen molar-refractivity contribution in [3.63, 3.8) is 0 Å². The van der Waals surface area contributed by atoms with E-state index in [4.69, 9.17) is 10.5 Å². The van der Waals surface area contributed by atoms with Crippen LogP contribution in [0.5, 0.6) is 0 Å². The highest BCUT2D eigenvalue weighted by molar-refractivity contribution is 5.92. The molecule has 32 heavy (non-hydrogen) atoms. The van der Waals surface area contributed by atoms with Crippen LogP contribution in [0.3, 0.4) is 0 Å². The van der Waals surface area contributed by atoms with Crippen LogP contribution in [-0.4, -0.2) is 34.8 Å². The predicted octanol–water partition coefficient (Wildman–Crippen LogP) is 3.53. The van der Waals surface area contributed by atoms with Crippen molar-refractivity contribution < 1.29 is 14.6 Å². The van der Waals surface area contributed by atoms with Crippen LogP contribution < -0.4 is 11.1 Å². The van der Waals surface area contributed by atoms with Crippen molar-refractivity contribution in [2.75, 3.05) is 6.67 Å². The van der Waals surface area contributed by atoms with Crippen molar-refractivity contribution in [1.29, 1.82) is 0 Å². The van der Waals surface area contributed by atoms with Gasteiger partial charge in [0.2, 0.25) is 5.91 Å².